The van der Waals surface area contributed by atoms with Gasteiger partial charge in [0, 0.05) is 28.9 Å². The van der Waals surface area contributed by atoms with Crippen LogP contribution in [0.25, 0.3) is 21.8 Å². The zero-order valence-corrected chi connectivity index (χ0v) is 18.7. The molecule has 1 amide bonds. The quantitative estimate of drug-likeness (QED) is 0.334. The molecule has 8 heteroatoms. The Morgan fingerprint density at radius 1 is 1.22 bits per heavy atom. The highest BCUT2D eigenvalue weighted by molar-refractivity contribution is 7.12. The highest BCUT2D eigenvalue weighted by atomic mass is 35.5. The number of aryl methyl sites for hydroxylation is 1. The molecule has 5 nitrogen and oxygen atoms in total. The van der Waals surface area contributed by atoms with Crippen LogP contribution in [0.2, 0.25) is 5.02 Å². The summed E-state index contributed by atoms with van der Waals surface area (Å²) in [6.07, 6.45) is 2.50. The number of benzene rings is 2. The van der Waals surface area contributed by atoms with Gasteiger partial charge in [-0.1, -0.05) is 36.7 Å². The highest BCUT2D eigenvalue weighted by Crippen LogP contribution is 2.30. The first-order chi connectivity index (χ1) is 15.5. The van der Waals surface area contributed by atoms with Crippen LogP contribution in [0.5, 0.6) is 0 Å². The van der Waals surface area contributed by atoms with Crippen LogP contribution in [0, 0.1) is 12.4 Å². The Kier molecular flexibility index (Phi) is 6.35. The van der Waals surface area contributed by atoms with Crippen molar-refractivity contribution in [1.82, 2.24) is 15.1 Å². The van der Waals surface area contributed by atoms with Crippen molar-refractivity contribution in [3.63, 3.8) is 0 Å². The molecule has 0 radical (unpaired) electrons. The number of nitrogens with one attached hydrogen (secondary N) is 1. The lowest BCUT2D eigenvalue weighted by Crippen LogP contribution is -2.23. The first kappa shape index (κ1) is 21.8. The van der Waals surface area contributed by atoms with Crippen LogP contribution in [-0.4, -0.2) is 15.7 Å². The third-order valence-corrected chi connectivity index (χ3v) is 6.29. The summed E-state index contributed by atoms with van der Waals surface area (Å²) >= 11 is 7.50. The summed E-state index contributed by atoms with van der Waals surface area (Å²) in [6.45, 7) is 9.18. The molecule has 0 unspecified atom stereocenters. The molecule has 4 rings (SSSR count). The van der Waals surface area contributed by atoms with Gasteiger partial charge in [-0.05, 0) is 47.7 Å². The number of halogens is 2. The van der Waals surface area contributed by atoms with Crippen molar-refractivity contribution in [3.05, 3.63) is 98.4 Å². The van der Waals surface area contributed by atoms with Gasteiger partial charge < -0.3 is 5.32 Å². The molecule has 0 saturated heterocycles. The predicted molar refractivity (Wildman–Crippen MR) is 125 cm³/mol. The fraction of sp³-hybridized carbons (Fsp3) is 0.125. The van der Waals surface area contributed by atoms with Crippen LogP contribution >= 0.6 is 22.9 Å². The molecule has 32 heavy (non-hydrogen) atoms. The summed E-state index contributed by atoms with van der Waals surface area (Å²) in [5.74, 6) is -0.619. The van der Waals surface area contributed by atoms with E-state index in [-0.39, 0.29) is 12.5 Å². The van der Waals surface area contributed by atoms with E-state index in [9.17, 15) is 9.18 Å². The van der Waals surface area contributed by atoms with E-state index in [2.05, 4.69) is 15.3 Å². The van der Waals surface area contributed by atoms with Gasteiger partial charge in [0.2, 0.25) is 5.69 Å². The van der Waals surface area contributed by atoms with Crippen LogP contribution in [0.3, 0.4) is 0 Å². The van der Waals surface area contributed by atoms with E-state index in [1.54, 1.807) is 47.3 Å². The largest absolute Gasteiger partial charge is 0.347 e. The molecule has 0 bridgehead atoms. The van der Waals surface area contributed by atoms with Crippen molar-refractivity contribution in [1.29, 1.82) is 0 Å². The minimum atomic E-state index is -0.425. The van der Waals surface area contributed by atoms with Crippen molar-refractivity contribution in [2.45, 2.75) is 19.9 Å². The molecule has 2 aromatic heterocycles. The second-order valence-corrected chi connectivity index (χ2v) is 8.33. The Bertz CT molecular complexity index is 1340. The summed E-state index contributed by atoms with van der Waals surface area (Å²) in [6, 6.07) is 13.6. The minimum absolute atomic E-state index is 0.0995. The number of nitrogens with zero attached hydrogens (tertiary/aromatic N) is 3. The smallest absolute Gasteiger partial charge is 0.261 e. The number of hydrogen-bond acceptors (Lipinski definition) is 3. The fourth-order valence-corrected chi connectivity index (χ4v) is 4.40. The van der Waals surface area contributed by atoms with Gasteiger partial charge in [-0.25, -0.2) is 13.9 Å². The van der Waals surface area contributed by atoms with Crippen LogP contribution in [0.4, 0.5) is 10.1 Å². The van der Waals surface area contributed by atoms with Gasteiger partial charge >= 0.3 is 0 Å². The van der Waals surface area contributed by atoms with Crippen molar-refractivity contribution in [3.8, 4) is 16.9 Å². The van der Waals surface area contributed by atoms with E-state index >= 15 is 0 Å². The molecule has 2 heterocycles. The number of aromatic nitrogens is 2. The summed E-state index contributed by atoms with van der Waals surface area (Å²) < 4.78 is 16.3. The van der Waals surface area contributed by atoms with Crippen molar-refractivity contribution in [2.75, 3.05) is 0 Å². The second kappa shape index (κ2) is 9.35. The monoisotopic (exact) mass is 464 g/mol. The summed E-state index contributed by atoms with van der Waals surface area (Å²) in [5, 5.41) is 9.53. The zero-order chi connectivity index (χ0) is 22.7. The molecule has 0 spiro atoms. The highest BCUT2D eigenvalue weighted by Gasteiger charge is 2.13. The van der Waals surface area contributed by atoms with E-state index < -0.39 is 5.82 Å². The first-order valence-corrected chi connectivity index (χ1v) is 11.1. The molecule has 0 aliphatic carbocycles. The van der Waals surface area contributed by atoms with Crippen molar-refractivity contribution in [2.24, 2.45) is 0 Å². The lowest BCUT2D eigenvalue weighted by molar-refractivity contribution is 0.0954. The SMILES string of the molecule is [C-]#[N+]c1ccc(-c2ccn(-c3ccc(CNC(=O)c4sccc4CC)c(F)c3)n2)cc1Cl. The van der Waals surface area contributed by atoms with E-state index in [1.165, 1.54) is 17.4 Å². The van der Waals surface area contributed by atoms with Gasteiger partial charge in [-0.2, -0.15) is 5.10 Å². The Balaban J connectivity index is 1.48. The van der Waals surface area contributed by atoms with Crippen molar-refractivity contribution >= 4 is 34.5 Å². The van der Waals surface area contributed by atoms with Gasteiger partial charge in [0.05, 0.1) is 22.8 Å². The molecule has 1 N–H and O–H groups in total. The maximum Gasteiger partial charge on any atom is 0.261 e. The Hall–Kier alpha value is -3.47. The molecule has 0 aliphatic heterocycles. The van der Waals surface area contributed by atoms with E-state index in [4.69, 9.17) is 18.2 Å². The molecule has 160 valence electrons. The van der Waals surface area contributed by atoms with Gasteiger partial charge in [-0.3, -0.25) is 4.79 Å². The summed E-state index contributed by atoms with van der Waals surface area (Å²) in [5.41, 5.74) is 3.74. The molecule has 4 aromatic rings. The summed E-state index contributed by atoms with van der Waals surface area (Å²) in [7, 11) is 0. The molecule has 0 atom stereocenters. The number of thiophene rings is 1. The molecule has 0 aliphatic rings. The van der Waals surface area contributed by atoms with Crippen molar-refractivity contribution < 1.29 is 9.18 Å². The normalized spacial score (nSPS) is 10.7. The summed E-state index contributed by atoms with van der Waals surface area (Å²) in [4.78, 5) is 16.4. The van der Waals surface area contributed by atoms with Crippen LogP contribution in [0.1, 0.15) is 27.7 Å². The van der Waals surface area contributed by atoms with E-state index in [0.717, 1.165) is 17.5 Å². The standard InChI is InChI=1S/C24H18ClFN4OS/c1-3-15-9-11-32-23(15)24(31)28-14-17-4-6-18(13-20(17)26)30-10-8-21(29-30)16-5-7-22(27-2)19(25)12-16/h4-13H,3,14H2,1H3,(H,28,31). The Morgan fingerprint density at radius 2 is 2.06 bits per heavy atom. The van der Waals surface area contributed by atoms with Gasteiger partial charge in [0.25, 0.3) is 5.91 Å². The fourth-order valence-electron chi connectivity index (χ4n) is 3.27. The number of amides is 1. The first-order valence-electron chi connectivity index (χ1n) is 9.86. The van der Waals surface area contributed by atoms with Crippen LogP contribution in [-0.2, 0) is 13.0 Å². The third kappa shape index (κ3) is 4.42. The maximum absolute atomic E-state index is 14.7. The average Bonchev–Trinajstić information content (AvgIpc) is 3.48. The molecule has 2 aromatic carbocycles. The number of carbonyl (C=O) groups excluding carboxylic acids is 1. The molecular weight excluding hydrogens is 447 g/mol. The Morgan fingerprint density at radius 3 is 2.78 bits per heavy atom. The molecular formula is C24H18ClFN4OS. The maximum atomic E-state index is 14.7. The van der Waals surface area contributed by atoms with Gasteiger partial charge in [0.15, 0.2) is 0 Å². The Labute approximate surface area is 193 Å². The van der Waals surface area contributed by atoms with Gasteiger partial charge in [0.1, 0.15) is 5.82 Å². The third-order valence-electron chi connectivity index (χ3n) is 5.03. The molecule has 0 saturated carbocycles. The lowest BCUT2D eigenvalue weighted by Gasteiger charge is -2.09. The molecule has 0 fully saturated rings. The predicted octanol–water partition coefficient (Wildman–Crippen LogP) is 6.44. The van der Waals surface area contributed by atoms with E-state index in [1.807, 2.05) is 18.4 Å². The topological polar surface area (TPSA) is 51.3 Å². The minimum Gasteiger partial charge on any atom is -0.347 e. The number of rotatable bonds is 6. The second-order valence-electron chi connectivity index (χ2n) is 7.01. The van der Waals surface area contributed by atoms with Gasteiger partial charge in [-0.15, -0.1) is 11.3 Å². The zero-order valence-electron chi connectivity index (χ0n) is 17.1. The average molecular weight is 465 g/mol. The van der Waals surface area contributed by atoms with E-state index in [0.29, 0.717) is 32.5 Å². The number of carbonyl (C=O) groups is 1. The van der Waals surface area contributed by atoms with Crippen LogP contribution in [0.15, 0.2) is 60.1 Å². The number of hydrogen-bond donors (Lipinski definition) is 1. The van der Waals surface area contributed by atoms with Crippen LogP contribution < -0.4 is 5.32 Å². The lowest BCUT2D eigenvalue weighted by atomic mass is 10.1.